The summed E-state index contributed by atoms with van der Waals surface area (Å²) in [7, 11) is 0. The van der Waals surface area contributed by atoms with Gasteiger partial charge in [-0.3, -0.25) is 0 Å². The summed E-state index contributed by atoms with van der Waals surface area (Å²) >= 11 is 0. The summed E-state index contributed by atoms with van der Waals surface area (Å²) in [6, 6.07) is 4.13. The largest absolute Gasteiger partial charge is 0.367 e. The lowest BCUT2D eigenvalue weighted by Gasteiger charge is -2.53. The average molecular weight is 193 g/mol. The third kappa shape index (κ3) is 1.29. The summed E-state index contributed by atoms with van der Waals surface area (Å²) in [5, 5.41) is 0. The maximum atomic E-state index is 5.93. The van der Waals surface area contributed by atoms with Gasteiger partial charge in [-0.15, -0.1) is 0 Å². The molecule has 2 unspecified atom stereocenters. The van der Waals surface area contributed by atoms with Crippen LogP contribution in [-0.2, 0) is 4.74 Å². The van der Waals surface area contributed by atoms with Gasteiger partial charge < -0.3 is 9.72 Å². The van der Waals surface area contributed by atoms with E-state index in [9.17, 15) is 0 Å². The highest BCUT2D eigenvalue weighted by Crippen LogP contribution is 2.52. The van der Waals surface area contributed by atoms with Crippen molar-refractivity contribution in [3.63, 3.8) is 0 Å². The Hall–Kier alpha value is -0.760. The molecule has 0 bridgehead atoms. The molecule has 2 nitrogen and oxygen atoms in total. The first-order valence-electron chi connectivity index (χ1n) is 5.32. The molecule has 1 aromatic heterocycles. The molecular formula is C12H19NO. The molecule has 2 heteroatoms. The number of aromatic amines is 1. The lowest BCUT2D eigenvalue weighted by Crippen LogP contribution is -2.52. The monoisotopic (exact) mass is 193 g/mol. The van der Waals surface area contributed by atoms with Crippen LogP contribution in [0, 0.1) is 11.3 Å². The van der Waals surface area contributed by atoms with E-state index in [0.29, 0.717) is 12.0 Å². The van der Waals surface area contributed by atoms with Crippen LogP contribution in [0.5, 0.6) is 0 Å². The highest BCUT2D eigenvalue weighted by Gasteiger charge is 2.51. The Morgan fingerprint density at radius 2 is 2.14 bits per heavy atom. The zero-order valence-corrected chi connectivity index (χ0v) is 9.37. The Kier molecular flexibility index (Phi) is 2.18. The summed E-state index contributed by atoms with van der Waals surface area (Å²) in [6.07, 6.45) is 2.58. The van der Waals surface area contributed by atoms with Gasteiger partial charge in [-0.2, -0.15) is 0 Å². The SMILES string of the molecule is CC(C)C1OC(c2ccc[nH]2)C1(C)C. The molecule has 14 heavy (non-hydrogen) atoms. The van der Waals surface area contributed by atoms with Gasteiger partial charge in [0, 0.05) is 17.3 Å². The van der Waals surface area contributed by atoms with Gasteiger partial charge in [0.15, 0.2) is 0 Å². The Morgan fingerprint density at radius 1 is 1.43 bits per heavy atom. The summed E-state index contributed by atoms with van der Waals surface area (Å²) in [5.74, 6) is 0.594. The Bertz CT molecular complexity index is 300. The number of aromatic nitrogens is 1. The molecule has 78 valence electrons. The zero-order valence-electron chi connectivity index (χ0n) is 9.37. The van der Waals surface area contributed by atoms with Gasteiger partial charge in [-0.05, 0) is 18.1 Å². The molecule has 0 amide bonds. The first-order valence-corrected chi connectivity index (χ1v) is 5.32. The minimum atomic E-state index is 0.241. The van der Waals surface area contributed by atoms with Gasteiger partial charge in [-0.1, -0.05) is 27.7 Å². The number of rotatable bonds is 2. The Labute approximate surface area is 85.7 Å². The second-order valence-corrected chi connectivity index (χ2v) is 5.13. The van der Waals surface area contributed by atoms with E-state index >= 15 is 0 Å². The molecule has 1 fully saturated rings. The van der Waals surface area contributed by atoms with E-state index in [1.165, 1.54) is 5.69 Å². The van der Waals surface area contributed by atoms with Gasteiger partial charge in [0.05, 0.1) is 6.10 Å². The van der Waals surface area contributed by atoms with Gasteiger partial charge in [0.1, 0.15) is 6.10 Å². The summed E-state index contributed by atoms with van der Waals surface area (Å²) in [5.41, 5.74) is 1.45. The summed E-state index contributed by atoms with van der Waals surface area (Å²) < 4.78 is 5.93. The smallest absolute Gasteiger partial charge is 0.105 e. The molecule has 2 heterocycles. The molecule has 2 rings (SSSR count). The van der Waals surface area contributed by atoms with Crippen LogP contribution in [-0.4, -0.2) is 11.1 Å². The van der Waals surface area contributed by atoms with Crippen molar-refractivity contribution in [3.8, 4) is 0 Å². The van der Waals surface area contributed by atoms with Crippen LogP contribution in [0.4, 0.5) is 0 Å². The van der Waals surface area contributed by atoms with Crippen molar-refractivity contribution >= 4 is 0 Å². The maximum absolute atomic E-state index is 5.93. The van der Waals surface area contributed by atoms with Crippen molar-refractivity contribution in [2.24, 2.45) is 11.3 Å². The van der Waals surface area contributed by atoms with Gasteiger partial charge in [0.2, 0.25) is 0 Å². The predicted octanol–water partition coefficient (Wildman–Crippen LogP) is 3.14. The van der Waals surface area contributed by atoms with Crippen molar-refractivity contribution < 1.29 is 4.74 Å². The van der Waals surface area contributed by atoms with Crippen molar-refractivity contribution in [3.05, 3.63) is 24.0 Å². The van der Waals surface area contributed by atoms with Crippen molar-refractivity contribution in [1.29, 1.82) is 0 Å². The quantitative estimate of drug-likeness (QED) is 0.767. The zero-order chi connectivity index (χ0) is 10.3. The number of hydrogen-bond acceptors (Lipinski definition) is 1. The fourth-order valence-electron chi connectivity index (χ4n) is 2.57. The number of nitrogens with one attached hydrogen (secondary N) is 1. The van der Waals surface area contributed by atoms with Crippen LogP contribution in [0.1, 0.15) is 39.5 Å². The summed E-state index contributed by atoms with van der Waals surface area (Å²) in [4.78, 5) is 3.23. The molecule has 1 N–H and O–H groups in total. The Morgan fingerprint density at radius 3 is 2.57 bits per heavy atom. The normalized spacial score (nSPS) is 30.4. The topological polar surface area (TPSA) is 25.0 Å². The van der Waals surface area contributed by atoms with E-state index in [1.807, 2.05) is 12.3 Å². The van der Waals surface area contributed by atoms with Crippen LogP contribution in [0.2, 0.25) is 0 Å². The van der Waals surface area contributed by atoms with E-state index in [4.69, 9.17) is 4.74 Å². The fourth-order valence-corrected chi connectivity index (χ4v) is 2.57. The molecule has 0 saturated carbocycles. The van der Waals surface area contributed by atoms with Crippen LogP contribution in [0.25, 0.3) is 0 Å². The summed E-state index contributed by atoms with van der Waals surface area (Å²) in [6.45, 7) is 9.01. The van der Waals surface area contributed by atoms with Crippen molar-refractivity contribution in [1.82, 2.24) is 4.98 Å². The molecule has 0 spiro atoms. The molecule has 1 aliphatic heterocycles. The predicted molar refractivity (Wildman–Crippen MR) is 57.0 cm³/mol. The van der Waals surface area contributed by atoms with E-state index in [0.717, 1.165) is 0 Å². The van der Waals surface area contributed by atoms with Gasteiger partial charge in [-0.25, -0.2) is 0 Å². The third-order valence-corrected chi connectivity index (χ3v) is 3.20. The minimum absolute atomic E-state index is 0.241. The second kappa shape index (κ2) is 3.13. The van der Waals surface area contributed by atoms with Crippen LogP contribution < -0.4 is 0 Å². The fraction of sp³-hybridized carbons (Fsp3) is 0.667. The third-order valence-electron chi connectivity index (χ3n) is 3.20. The van der Waals surface area contributed by atoms with Gasteiger partial charge in [0.25, 0.3) is 0 Å². The first-order chi connectivity index (χ1) is 6.53. The molecule has 1 aliphatic rings. The minimum Gasteiger partial charge on any atom is -0.367 e. The lowest BCUT2D eigenvalue weighted by molar-refractivity contribution is -0.256. The van der Waals surface area contributed by atoms with E-state index in [1.54, 1.807) is 0 Å². The molecule has 1 aromatic rings. The van der Waals surface area contributed by atoms with Gasteiger partial charge >= 0.3 is 0 Å². The standard InChI is InChI=1S/C12H19NO/c1-8(2)10-12(3,4)11(14-10)9-6-5-7-13-9/h5-8,10-11,13H,1-4H3. The Balaban J connectivity index is 2.14. The molecule has 0 aliphatic carbocycles. The maximum Gasteiger partial charge on any atom is 0.105 e. The molecule has 0 aromatic carbocycles. The lowest BCUT2D eigenvalue weighted by atomic mass is 9.70. The van der Waals surface area contributed by atoms with Crippen LogP contribution in [0.3, 0.4) is 0 Å². The molecule has 1 saturated heterocycles. The molecule has 0 radical (unpaired) electrons. The highest BCUT2D eigenvalue weighted by molar-refractivity contribution is 5.15. The highest BCUT2D eigenvalue weighted by atomic mass is 16.5. The van der Waals surface area contributed by atoms with Crippen LogP contribution >= 0.6 is 0 Å². The number of ether oxygens (including phenoxy) is 1. The second-order valence-electron chi connectivity index (χ2n) is 5.13. The first kappa shape index (κ1) is 9.78. The van der Waals surface area contributed by atoms with Crippen molar-refractivity contribution in [2.45, 2.75) is 39.9 Å². The van der Waals surface area contributed by atoms with E-state index < -0.39 is 0 Å². The molecular weight excluding hydrogens is 174 g/mol. The van der Waals surface area contributed by atoms with E-state index in [-0.39, 0.29) is 11.5 Å². The average Bonchev–Trinajstić information content (AvgIpc) is 2.54. The number of H-pyrrole nitrogens is 1. The van der Waals surface area contributed by atoms with E-state index in [2.05, 4.69) is 38.7 Å². The molecule has 2 atom stereocenters. The van der Waals surface area contributed by atoms with Crippen molar-refractivity contribution in [2.75, 3.05) is 0 Å². The van der Waals surface area contributed by atoms with Crippen LogP contribution in [0.15, 0.2) is 18.3 Å². The number of hydrogen-bond donors (Lipinski definition) is 1.